The number of nitrogens with zero attached hydrogens (tertiary/aromatic N) is 2. The standard InChI is InChI=1S/C32H37Cl2N3O4S/c1-3-29(32(39)35-25-12-5-4-6-13-25)36(21-24-11-7-8-14-27(24)33)31(38)22-37(30-16-10-9-15-28(30)34)42(40,41)26-19-17-23(2)18-20-26/h7-11,14-20,25,29H,3-6,12-13,21-22H2,1-2H3,(H,35,39). The second kappa shape index (κ2) is 14.4. The Kier molecular flexibility index (Phi) is 10.9. The van der Waals surface area contributed by atoms with Gasteiger partial charge in [-0.2, -0.15) is 0 Å². The van der Waals surface area contributed by atoms with E-state index in [9.17, 15) is 18.0 Å². The van der Waals surface area contributed by atoms with Gasteiger partial charge in [0.15, 0.2) is 0 Å². The van der Waals surface area contributed by atoms with Crippen LogP contribution in [0.3, 0.4) is 0 Å². The number of benzene rings is 3. The minimum absolute atomic E-state index is 0.0283. The molecule has 10 heteroatoms. The summed E-state index contributed by atoms with van der Waals surface area (Å²) >= 11 is 13.0. The Labute approximate surface area is 258 Å². The number of rotatable bonds is 11. The van der Waals surface area contributed by atoms with E-state index >= 15 is 0 Å². The molecule has 1 saturated carbocycles. The molecule has 1 unspecified atom stereocenters. The Morgan fingerprint density at radius 3 is 2.14 bits per heavy atom. The van der Waals surface area contributed by atoms with Crippen LogP contribution < -0.4 is 9.62 Å². The SMILES string of the molecule is CCC(C(=O)NC1CCCCC1)N(Cc1ccccc1Cl)C(=O)CN(c1ccccc1Cl)S(=O)(=O)c1ccc(C)cc1. The van der Waals surface area contributed by atoms with Gasteiger partial charge in [-0.1, -0.05) is 97.4 Å². The van der Waals surface area contributed by atoms with E-state index in [1.807, 2.05) is 19.9 Å². The quantitative estimate of drug-likeness (QED) is 0.254. The average molecular weight is 631 g/mol. The molecular formula is C32H37Cl2N3O4S. The van der Waals surface area contributed by atoms with Crippen molar-refractivity contribution in [2.24, 2.45) is 0 Å². The molecule has 0 radical (unpaired) electrons. The van der Waals surface area contributed by atoms with Crippen molar-refractivity contribution in [1.82, 2.24) is 10.2 Å². The maximum Gasteiger partial charge on any atom is 0.264 e. The summed E-state index contributed by atoms with van der Waals surface area (Å²) in [6, 6.07) is 19.3. The Bertz CT molecular complexity index is 1490. The Hall–Kier alpha value is -3.07. The van der Waals surface area contributed by atoms with Gasteiger partial charge in [0.05, 0.1) is 15.6 Å². The minimum Gasteiger partial charge on any atom is -0.352 e. The number of hydrogen-bond acceptors (Lipinski definition) is 4. The summed E-state index contributed by atoms with van der Waals surface area (Å²) in [7, 11) is -4.20. The van der Waals surface area contributed by atoms with E-state index in [1.165, 1.54) is 17.0 Å². The highest BCUT2D eigenvalue weighted by atomic mass is 35.5. The summed E-state index contributed by atoms with van der Waals surface area (Å²) < 4.78 is 29.0. The van der Waals surface area contributed by atoms with Crippen LogP contribution in [0.1, 0.15) is 56.6 Å². The Balaban J connectivity index is 1.72. The van der Waals surface area contributed by atoms with E-state index in [-0.39, 0.29) is 34.1 Å². The molecule has 4 rings (SSSR count). The van der Waals surface area contributed by atoms with Gasteiger partial charge in [-0.05, 0) is 62.1 Å². The molecule has 0 aliphatic heterocycles. The first-order valence-corrected chi connectivity index (χ1v) is 16.5. The van der Waals surface area contributed by atoms with Crippen molar-refractivity contribution < 1.29 is 18.0 Å². The van der Waals surface area contributed by atoms with Gasteiger partial charge >= 0.3 is 0 Å². The Morgan fingerprint density at radius 2 is 1.52 bits per heavy atom. The first kappa shape index (κ1) is 31.9. The number of anilines is 1. The third-order valence-corrected chi connectivity index (χ3v) is 10.1. The zero-order chi connectivity index (χ0) is 30.3. The first-order chi connectivity index (χ1) is 20.1. The number of para-hydroxylation sites is 1. The second-order valence-electron chi connectivity index (χ2n) is 10.7. The zero-order valence-electron chi connectivity index (χ0n) is 23.9. The van der Waals surface area contributed by atoms with Crippen LogP contribution in [-0.4, -0.2) is 43.8 Å². The fourth-order valence-electron chi connectivity index (χ4n) is 5.28. The molecule has 1 aliphatic rings. The third-order valence-electron chi connectivity index (χ3n) is 7.64. The first-order valence-electron chi connectivity index (χ1n) is 14.3. The highest BCUT2D eigenvalue weighted by Gasteiger charge is 2.35. The number of halogens is 2. The molecule has 1 fully saturated rings. The lowest BCUT2D eigenvalue weighted by molar-refractivity contribution is -0.140. The molecule has 0 heterocycles. The van der Waals surface area contributed by atoms with E-state index in [0.717, 1.165) is 42.0 Å². The molecule has 224 valence electrons. The molecule has 1 aliphatic carbocycles. The summed E-state index contributed by atoms with van der Waals surface area (Å²) in [5.74, 6) is -0.799. The number of aryl methyl sites for hydroxylation is 1. The lowest BCUT2D eigenvalue weighted by atomic mass is 9.95. The predicted octanol–water partition coefficient (Wildman–Crippen LogP) is 6.75. The maximum absolute atomic E-state index is 14.2. The van der Waals surface area contributed by atoms with Gasteiger partial charge in [0.2, 0.25) is 11.8 Å². The molecule has 42 heavy (non-hydrogen) atoms. The van der Waals surface area contributed by atoms with Gasteiger partial charge in [-0.3, -0.25) is 13.9 Å². The third kappa shape index (κ3) is 7.65. The monoisotopic (exact) mass is 629 g/mol. The van der Waals surface area contributed by atoms with Crippen molar-refractivity contribution in [2.75, 3.05) is 10.8 Å². The van der Waals surface area contributed by atoms with Crippen LogP contribution in [0.5, 0.6) is 0 Å². The molecule has 3 aromatic carbocycles. The van der Waals surface area contributed by atoms with E-state index < -0.39 is 28.5 Å². The highest BCUT2D eigenvalue weighted by molar-refractivity contribution is 7.92. The molecule has 2 amide bonds. The molecule has 0 saturated heterocycles. The van der Waals surface area contributed by atoms with Crippen molar-refractivity contribution in [1.29, 1.82) is 0 Å². The molecule has 0 aromatic heterocycles. The van der Waals surface area contributed by atoms with Crippen molar-refractivity contribution in [3.8, 4) is 0 Å². The molecule has 1 N–H and O–H groups in total. The fraction of sp³-hybridized carbons (Fsp3) is 0.375. The van der Waals surface area contributed by atoms with E-state index in [2.05, 4.69) is 5.32 Å². The van der Waals surface area contributed by atoms with Crippen LogP contribution in [0.15, 0.2) is 77.7 Å². The predicted molar refractivity (Wildman–Crippen MR) is 168 cm³/mol. The van der Waals surface area contributed by atoms with Crippen molar-refractivity contribution >= 4 is 50.7 Å². The number of nitrogens with one attached hydrogen (secondary N) is 1. The zero-order valence-corrected chi connectivity index (χ0v) is 26.3. The van der Waals surface area contributed by atoms with Gasteiger partial charge in [-0.15, -0.1) is 0 Å². The summed E-state index contributed by atoms with van der Waals surface area (Å²) in [4.78, 5) is 29.3. The summed E-state index contributed by atoms with van der Waals surface area (Å²) in [5, 5.41) is 3.78. The van der Waals surface area contributed by atoms with E-state index in [1.54, 1.807) is 54.6 Å². The van der Waals surface area contributed by atoms with Crippen LogP contribution in [0.25, 0.3) is 0 Å². The number of hydrogen-bond donors (Lipinski definition) is 1. The van der Waals surface area contributed by atoms with Crippen molar-refractivity contribution in [3.05, 3.63) is 94.0 Å². The van der Waals surface area contributed by atoms with Gasteiger partial charge in [0.25, 0.3) is 10.0 Å². The van der Waals surface area contributed by atoms with Gasteiger partial charge in [0, 0.05) is 17.6 Å². The smallest absolute Gasteiger partial charge is 0.264 e. The van der Waals surface area contributed by atoms with Crippen LogP contribution in [0, 0.1) is 6.92 Å². The van der Waals surface area contributed by atoms with E-state index in [4.69, 9.17) is 23.2 Å². The number of amides is 2. The van der Waals surface area contributed by atoms with Crippen LogP contribution in [-0.2, 0) is 26.2 Å². The summed E-state index contributed by atoms with van der Waals surface area (Å²) in [6.45, 7) is 3.18. The Morgan fingerprint density at radius 1 is 0.905 bits per heavy atom. The lowest BCUT2D eigenvalue weighted by Crippen LogP contribution is -2.54. The summed E-state index contributed by atoms with van der Waals surface area (Å²) in [6.07, 6.45) is 5.38. The van der Waals surface area contributed by atoms with Crippen molar-refractivity contribution in [2.45, 2.75) is 75.9 Å². The molecule has 3 aromatic rings. The number of sulfonamides is 1. The summed E-state index contributed by atoms with van der Waals surface area (Å²) in [5.41, 5.74) is 1.72. The second-order valence-corrected chi connectivity index (χ2v) is 13.3. The lowest BCUT2D eigenvalue weighted by Gasteiger charge is -2.34. The van der Waals surface area contributed by atoms with Crippen LogP contribution in [0.2, 0.25) is 10.0 Å². The van der Waals surface area contributed by atoms with Gasteiger partial charge < -0.3 is 10.2 Å². The molecule has 7 nitrogen and oxygen atoms in total. The van der Waals surface area contributed by atoms with Crippen LogP contribution >= 0.6 is 23.2 Å². The fourth-order valence-corrected chi connectivity index (χ4v) is 7.20. The van der Waals surface area contributed by atoms with E-state index in [0.29, 0.717) is 17.0 Å². The highest BCUT2D eigenvalue weighted by Crippen LogP contribution is 2.31. The normalized spacial score (nSPS) is 14.7. The largest absolute Gasteiger partial charge is 0.352 e. The molecule has 0 bridgehead atoms. The van der Waals surface area contributed by atoms with Gasteiger partial charge in [-0.25, -0.2) is 8.42 Å². The van der Waals surface area contributed by atoms with Crippen LogP contribution in [0.4, 0.5) is 5.69 Å². The van der Waals surface area contributed by atoms with Crippen molar-refractivity contribution in [3.63, 3.8) is 0 Å². The molecule has 0 spiro atoms. The molecular weight excluding hydrogens is 593 g/mol. The molecule has 1 atom stereocenters. The number of carbonyl (C=O) groups is 2. The van der Waals surface area contributed by atoms with Gasteiger partial charge in [0.1, 0.15) is 12.6 Å². The topological polar surface area (TPSA) is 86.8 Å². The number of carbonyl (C=O) groups excluding carboxylic acids is 2. The average Bonchev–Trinajstić information content (AvgIpc) is 2.98. The maximum atomic E-state index is 14.2. The minimum atomic E-state index is -4.20.